The second-order valence-corrected chi connectivity index (χ2v) is 4.31. The number of carbonyl (C=O) groups is 2. The molecular weight excluding hydrogens is 274 g/mol. The molecule has 0 amide bonds. The number of carboxylic acid groups (broad SMARTS) is 1. The molecule has 0 spiro atoms. The first-order chi connectivity index (χ1) is 7.41. The summed E-state index contributed by atoms with van der Waals surface area (Å²) in [5, 5.41) is 11.2. The van der Waals surface area contributed by atoms with Crippen LogP contribution in [0.2, 0.25) is 15.1 Å². The monoisotopic (exact) mass is 279 g/mol. The van der Waals surface area contributed by atoms with Gasteiger partial charge < -0.3 is 9.90 Å². The molecule has 0 bridgehead atoms. The smallest absolute Gasteiger partial charge is 0.178 e. The Balaban J connectivity index is 2.82. The Hall–Kier alpha value is -0.770. The second kappa shape index (κ2) is 5.53. The quantitative estimate of drug-likeness (QED) is 0.792. The van der Waals surface area contributed by atoms with Crippen molar-refractivity contribution in [1.29, 1.82) is 0 Å². The van der Waals surface area contributed by atoms with Crippen molar-refractivity contribution in [2.24, 2.45) is 0 Å². The summed E-state index contributed by atoms with van der Waals surface area (Å²) in [5.74, 6) is -2.69. The summed E-state index contributed by atoms with van der Waals surface area (Å²) in [6, 6.07) is 2.96. The van der Waals surface area contributed by atoms with Gasteiger partial charge in [0, 0.05) is 21.5 Å². The summed E-state index contributed by atoms with van der Waals surface area (Å²) >= 11 is 17.4. The number of carboxylic acids is 1. The van der Waals surface area contributed by atoms with E-state index in [1.165, 1.54) is 12.1 Å². The standard InChI is InChI=1S/C10H7Cl3O3/c11-5-3-7(12)6(8(13)4-5)1-2-9(14)10(15)16/h3-4H,1-2H2,(H,15,16)/p-1. The predicted octanol–water partition coefficient (Wildman–Crippen LogP) is 1.90. The van der Waals surface area contributed by atoms with Crippen LogP contribution in [0, 0.1) is 0 Å². The SMILES string of the molecule is O=C([O-])C(=O)CCc1c(Cl)cc(Cl)cc1Cl. The van der Waals surface area contributed by atoms with Crippen LogP contribution in [0.5, 0.6) is 0 Å². The molecular formula is C10H6Cl3O3-. The van der Waals surface area contributed by atoms with E-state index in [1.807, 2.05) is 0 Å². The third-order valence-corrected chi connectivity index (χ3v) is 2.83. The van der Waals surface area contributed by atoms with Gasteiger partial charge in [0.15, 0.2) is 5.78 Å². The van der Waals surface area contributed by atoms with E-state index in [2.05, 4.69) is 0 Å². The number of halogens is 3. The van der Waals surface area contributed by atoms with Gasteiger partial charge in [-0.05, 0) is 24.1 Å². The van der Waals surface area contributed by atoms with Crippen molar-refractivity contribution in [3.63, 3.8) is 0 Å². The van der Waals surface area contributed by atoms with Gasteiger partial charge in [-0.25, -0.2) is 0 Å². The molecule has 6 heteroatoms. The van der Waals surface area contributed by atoms with E-state index in [9.17, 15) is 14.7 Å². The molecule has 0 aliphatic carbocycles. The van der Waals surface area contributed by atoms with Gasteiger partial charge in [0.05, 0.1) is 0 Å². The Morgan fingerprint density at radius 3 is 2.06 bits per heavy atom. The summed E-state index contributed by atoms with van der Waals surface area (Å²) in [6.07, 6.45) is -0.0644. The largest absolute Gasteiger partial charge is 0.542 e. The van der Waals surface area contributed by atoms with Crippen molar-refractivity contribution in [3.8, 4) is 0 Å². The Labute approximate surface area is 107 Å². The summed E-state index contributed by atoms with van der Waals surface area (Å²) in [6.45, 7) is 0. The van der Waals surface area contributed by atoms with E-state index in [-0.39, 0.29) is 12.8 Å². The van der Waals surface area contributed by atoms with Gasteiger partial charge in [0.25, 0.3) is 0 Å². The number of aliphatic carboxylic acids is 1. The van der Waals surface area contributed by atoms with Gasteiger partial charge in [0.1, 0.15) is 5.97 Å². The summed E-state index contributed by atoms with van der Waals surface area (Å²) in [7, 11) is 0. The summed E-state index contributed by atoms with van der Waals surface area (Å²) in [5.41, 5.74) is 0.502. The number of Topliss-reactive ketones (excluding diaryl/α,β-unsaturated/α-hetero) is 1. The van der Waals surface area contributed by atoms with Crippen LogP contribution in [0.4, 0.5) is 0 Å². The van der Waals surface area contributed by atoms with Crippen LogP contribution in [0.15, 0.2) is 12.1 Å². The Morgan fingerprint density at radius 1 is 1.12 bits per heavy atom. The molecule has 0 atom stereocenters. The Kier molecular flexibility index (Phi) is 4.59. The molecule has 0 aliphatic heterocycles. The number of benzene rings is 1. The first kappa shape index (κ1) is 13.3. The molecule has 1 aromatic rings. The fraction of sp³-hybridized carbons (Fsp3) is 0.200. The first-order valence-corrected chi connectivity index (χ1v) is 5.43. The third-order valence-electron chi connectivity index (χ3n) is 1.94. The predicted molar refractivity (Wildman–Crippen MR) is 59.8 cm³/mol. The van der Waals surface area contributed by atoms with Crippen molar-refractivity contribution in [2.45, 2.75) is 12.8 Å². The minimum absolute atomic E-state index is 0.141. The van der Waals surface area contributed by atoms with E-state index in [4.69, 9.17) is 34.8 Å². The van der Waals surface area contributed by atoms with Crippen molar-refractivity contribution >= 4 is 46.6 Å². The highest BCUT2D eigenvalue weighted by Crippen LogP contribution is 2.29. The highest BCUT2D eigenvalue weighted by molar-refractivity contribution is 6.39. The van der Waals surface area contributed by atoms with E-state index >= 15 is 0 Å². The van der Waals surface area contributed by atoms with Crippen molar-refractivity contribution in [2.75, 3.05) is 0 Å². The maximum Gasteiger partial charge on any atom is 0.178 e. The minimum atomic E-state index is -1.71. The molecule has 0 N–H and O–H groups in total. The third kappa shape index (κ3) is 3.37. The van der Waals surface area contributed by atoms with Gasteiger partial charge in [-0.15, -0.1) is 0 Å². The first-order valence-electron chi connectivity index (χ1n) is 4.29. The normalized spacial score (nSPS) is 10.2. The van der Waals surface area contributed by atoms with Crippen LogP contribution in [0.25, 0.3) is 0 Å². The van der Waals surface area contributed by atoms with Crippen LogP contribution >= 0.6 is 34.8 Å². The summed E-state index contributed by atoms with van der Waals surface area (Å²) < 4.78 is 0. The average molecular weight is 281 g/mol. The second-order valence-electron chi connectivity index (χ2n) is 3.06. The fourth-order valence-electron chi connectivity index (χ4n) is 1.15. The molecule has 0 saturated carbocycles. The molecule has 0 radical (unpaired) electrons. The Bertz CT molecular complexity index is 420. The zero-order valence-corrected chi connectivity index (χ0v) is 10.2. The maximum atomic E-state index is 10.8. The Morgan fingerprint density at radius 2 is 1.62 bits per heavy atom. The van der Waals surface area contributed by atoms with Gasteiger partial charge in [-0.3, -0.25) is 4.79 Å². The van der Waals surface area contributed by atoms with Gasteiger partial charge in [-0.1, -0.05) is 34.8 Å². The van der Waals surface area contributed by atoms with Crippen LogP contribution in [0.3, 0.4) is 0 Å². The molecule has 0 unspecified atom stereocenters. The summed E-state index contributed by atoms with van der Waals surface area (Å²) in [4.78, 5) is 21.0. The van der Waals surface area contributed by atoms with E-state index in [0.717, 1.165) is 0 Å². The molecule has 0 heterocycles. The highest BCUT2D eigenvalue weighted by atomic mass is 35.5. The van der Waals surface area contributed by atoms with Crippen LogP contribution in [0.1, 0.15) is 12.0 Å². The highest BCUT2D eigenvalue weighted by Gasteiger charge is 2.10. The fourth-order valence-corrected chi connectivity index (χ4v) is 2.16. The molecule has 0 saturated heterocycles. The molecule has 16 heavy (non-hydrogen) atoms. The average Bonchev–Trinajstić information content (AvgIpc) is 2.15. The lowest BCUT2D eigenvalue weighted by Crippen LogP contribution is -2.31. The molecule has 1 rings (SSSR count). The molecule has 1 aromatic carbocycles. The van der Waals surface area contributed by atoms with Crippen molar-refractivity contribution in [1.82, 2.24) is 0 Å². The topological polar surface area (TPSA) is 57.2 Å². The lowest BCUT2D eigenvalue weighted by molar-refractivity contribution is -0.300. The lowest BCUT2D eigenvalue weighted by Gasteiger charge is -2.07. The number of carbonyl (C=O) groups excluding carboxylic acids is 2. The number of ketones is 1. The van der Waals surface area contributed by atoms with Crippen LogP contribution in [-0.4, -0.2) is 11.8 Å². The van der Waals surface area contributed by atoms with E-state index < -0.39 is 11.8 Å². The zero-order chi connectivity index (χ0) is 12.3. The van der Waals surface area contributed by atoms with Crippen LogP contribution < -0.4 is 5.11 Å². The van der Waals surface area contributed by atoms with E-state index in [0.29, 0.717) is 20.6 Å². The molecule has 3 nitrogen and oxygen atoms in total. The number of hydrogen-bond donors (Lipinski definition) is 0. The number of rotatable bonds is 4. The molecule has 86 valence electrons. The van der Waals surface area contributed by atoms with Gasteiger partial charge in [0.2, 0.25) is 0 Å². The van der Waals surface area contributed by atoms with Crippen molar-refractivity contribution in [3.05, 3.63) is 32.8 Å². The molecule has 0 aliphatic rings. The molecule has 0 fully saturated rings. The lowest BCUT2D eigenvalue weighted by atomic mass is 10.1. The maximum absolute atomic E-state index is 10.8. The molecule has 0 aromatic heterocycles. The van der Waals surface area contributed by atoms with Crippen molar-refractivity contribution < 1.29 is 14.7 Å². The van der Waals surface area contributed by atoms with Crippen LogP contribution in [-0.2, 0) is 16.0 Å². The zero-order valence-electron chi connectivity index (χ0n) is 7.93. The van der Waals surface area contributed by atoms with Gasteiger partial charge in [-0.2, -0.15) is 0 Å². The minimum Gasteiger partial charge on any atom is -0.542 e. The number of hydrogen-bond acceptors (Lipinski definition) is 3. The van der Waals surface area contributed by atoms with Gasteiger partial charge >= 0.3 is 0 Å². The van der Waals surface area contributed by atoms with E-state index in [1.54, 1.807) is 0 Å².